The fraction of sp³-hybridized carbons (Fsp3) is 0.267. The Balaban J connectivity index is 1.84. The summed E-state index contributed by atoms with van der Waals surface area (Å²) < 4.78 is 22.4. The Morgan fingerprint density at radius 1 is 1.08 bits per heavy atom. The molecule has 9 heteroatoms. The van der Waals surface area contributed by atoms with Crippen LogP contribution in [-0.2, 0) is 21.2 Å². The summed E-state index contributed by atoms with van der Waals surface area (Å²) in [5.41, 5.74) is 0.967. The Morgan fingerprint density at radius 3 is 2.25 bits per heavy atom. The normalized spacial score (nSPS) is 11.1. The molecule has 0 spiro atoms. The third kappa shape index (κ3) is 5.28. The molecule has 0 unspecified atom stereocenters. The number of nitrogens with zero attached hydrogens (tertiary/aromatic N) is 2. The smallest absolute Gasteiger partial charge is 0.238 e. The summed E-state index contributed by atoms with van der Waals surface area (Å²) in [6.07, 6.45) is 1.06. The van der Waals surface area contributed by atoms with Crippen molar-refractivity contribution in [2.75, 3.05) is 17.2 Å². The van der Waals surface area contributed by atoms with E-state index in [-0.39, 0.29) is 10.8 Å². The highest BCUT2D eigenvalue weighted by Gasteiger charge is 2.06. The number of hydrogen-bond donors (Lipinski definition) is 3. The van der Waals surface area contributed by atoms with Crippen molar-refractivity contribution in [3.05, 3.63) is 42.0 Å². The van der Waals surface area contributed by atoms with Crippen molar-refractivity contribution in [1.82, 2.24) is 10.2 Å². The van der Waals surface area contributed by atoms with Gasteiger partial charge in [0.2, 0.25) is 15.9 Å². The third-order valence-electron chi connectivity index (χ3n) is 3.22. The first-order chi connectivity index (χ1) is 11.4. The Kier molecular flexibility index (Phi) is 5.83. The average Bonchev–Trinajstić information content (AvgIpc) is 2.56. The number of aromatic nitrogens is 2. The van der Waals surface area contributed by atoms with Crippen LogP contribution < -0.4 is 15.8 Å². The zero-order chi connectivity index (χ0) is 17.6. The van der Waals surface area contributed by atoms with Crippen LogP contribution in [0, 0.1) is 0 Å². The molecule has 0 atom stereocenters. The van der Waals surface area contributed by atoms with E-state index in [0.29, 0.717) is 31.0 Å². The summed E-state index contributed by atoms with van der Waals surface area (Å²) in [4.78, 5) is 11.3. The first kappa shape index (κ1) is 17.8. The van der Waals surface area contributed by atoms with E-state index < -0.39 is 10.0 Å². The van der Waals surface area contributed by atoms with Crippen LogP contribution in [0.2, 0.25) is 0 Å². The third-order valence-corrected chi connectivity index (χ3v) is 4.15. The van der Waals surface area contributed by atoms with Gasteiger partial charge >= 0.3 is 0 Å². The van der Waals surface area contributed by atoms with Gasteiger partial charge in [0.05, 0.1) is 4.90 Å². The highest BCUT2D eigenvalue weighted by atomic mass is 32.2. The minimum Gasteiger partial charge on any atom is -0.368 e. The molecule has 0 aliphatic heterocycles. The van der Waals surface area contributed by atoms with Gasteiger partial charge in [-0.25, -0.2) is 13.6 Å². The van der Waals surface area contributed by atoms with Crippen molar-refractivity contribution < 1.29 is 13.2 Å². The molecule has 128 valence electrons. The predicted molar refractivity (Wildman–Crippen MR) is 91.0 cm³/mol. The topological polar surface area (TPSA) is 127 Å². The molecule has 2 rings (SSSR count). The number of carbonyl (C=O) groups excluding carboxylic acids is 1. The average molecular weight is 349 g/mol. The van der Waals surface area contributed by atoms with Crippen molar-refractivity contribution in [2.24, 2.45) is 5.14 Å². The van der Waals surface area contributed by atoms with E-state index in [1.165, 1.54) is 12.1 Å². The molecule has 2 aromatic rings. The second-order valence-corrected chi connectivity index (χ2v) is 6.63. The Morgan fingerprint density at radius 2 is 1.71 bits per heavy atom. The number of carbonyl (C=O) groups is 1. The number of hydrogen-bond acceptors (Lipinski definition) is 6. The largest absolute Gasteiger partial charge is 0.368 e. The van der Waals surface area contributed by atoms with Crippen molar-refractivity contribution in [3.63, 3.8) is 0 Å². The van der Waals surface area contributed by atoms with Crippen LogP contribution in [0.25, 0.3) is 0 Å². The fourth-order valence-corrected chi connectivity index (χ4v) is 2.42. The molecule has 0 saturated heterocycles. The molecule has 8 nitrogen and oxygen atoms in total. The standard InChI is InChI=1S/C15H19N5O3S/c1-2-15(21)18-14-8-7-13(19-20-14)17-10-9-11-3-5-12(6-4-11)24(16,22)23/h3-8H,2,9-10H2,1H3,(H,17,19)(H2,16,22,23)(H,18,20,21). The second-order valence-electron chi connectivity index (χ2n) is 5.07. The summed E-state index contributed by atoms with van der Waals surface area (Å²) in [6.45, 7) is 2.36. The van der Waals surface area contributed by atoms with Crippen LogP contribution in [0.1, 0.15) is 18.9 Å². The monoisotopic (exact) mass is 349 g/mol. The SMILES string of the molecule is CCC(=O)Nc1ccc(NCCc2ccc(S(N)(=O)=O)cc2)nn1. The number of benzene rings is 1. The zero-order valence-electron chi connectivity index (χ0n) is 13.2. The Hall–Kier alpha value is -2.52. The van der Waals surface area contributed by atoms with E-state index in [0.717, 1.165) is 5.56 Å². The highest BCUT2D eigenvalue weighted by molar-refractivity contribution is 7.89. The van der Waals surface area contributed by atoms with Gasteiger partial charge in [0.15, 0.2) is 5.82 Å². The molecule has 1 aromatic heterocycles. The van der Waals surface area contributed by atoms with Gasteiger partial charge in [-0.15, -0.1) is 10.2 Å². The van der Waals surface area contributed by atoms with Crippen LogP contribution >= 0.6 is 0 Å². The molecule has 0 fully saturated rings. The van der Waals surface area contributed by atoms with Gasteiger partial charge in [0, 0.05) is 13.0 Å². The van der Waals surface area contributed by atoms with E-state index in [2.05, 4.69) is 20.8 Å². The maximum absolute atomic E-state index is 11.2. The quantitative estimate of drug-likeness (QED) is 0.687. The number of anilines is 2. The summed E-state index contributed by atoms with van der Waals surface area (Å²) in [5.74, 6) is 0.879. The molecule has 0 saturated carbocycles. The van der Waals surface area contributed by atoms with Gasteiger partial charge in [-0.2, -0.15) is 0 Å². The van der Waals surface area contributed by atoms with Gasteiger partial charge in [0.1, 0.15) is 5.82 Å². The minimum atomic E-state index is -3.66. The molecule has 0 aliphatic carbocycles. The number of primary sulfonamides is 1. The molecule has 1 heterocycles. The molecule has 4 N–H and O–H groups in total. The van der Waals surface area contributed by atoms with Gasteiger partial charge in [0.25, 0.3) is 0 Å². The van der Waals surface area contributed by atoms with E-state index >= 15 is 0 Å². The van der Waals surface area contributed by atoms with Gasteiger partial charge in [-0.3, -0.25) is 4.79 Å². The summed E-state index contributed by atoms with van der Waals surface area (Å²) in [5, 5.41) is 18.7. The number of sulfonamides is 1. The molecular weight excluding hydrogens is 330 g/mol. The van der Waals surface area contributed by atoms with E-state index in [1.807, 2.05) is 0 Å². The van der Waals surface area contributed by atoms with Gasteiger partial charge in [-0.1, -0.05) is 19.1 Å². The number of amides is 1. The lowest BCUT2D eigenvalue weighted by molar-refractivity contribution is -0.115. The maximum Gasteiger partial charge on any atom is 0.238 e. The van der Waals surface area contributed by atoms with Crippen LogP contribution in [0.15, 0.2) is 41.3 Å². The number of rotatable bonds is 7. The second kappa shape index (κ2) is 7.84. The van der Waals surface area contributed by atoms with Crippen molar-refractivity contribution in [2.45, 2.75) is 24.7 Å². The molecule has 0 aliphatic rings. The van der Waals surface area contributed by atoms with Crippen LogP contribution in [0.4, 0.5) is 11.6 Å². The minimum absolute atomic E-state index is 0.0924. The first-order valence-electron chi connectivity index (χ1n) is 7.37. The predicted octanol–water partition coefficient (Wildman–Crippen LogP) is 1.13. The van der Waals surface area contributed by atoms with E-state index in [1.54, 1.807) is 31.2 Å². The Labute approximate surface area is 140 Å². The van der Waals surface area contributed by atoms with Gasteiger partial charge < -0.3 is 10.6 Å². The van der Waals surface area contributed by atoms with Crippen molar-refractivity contribution in [3.8, 4) is 0 Å². The van der Waals surface area contributed by atoms with Crippen LogP contribution in [0.5, 0.6) is 0 Å². The molecular formula is C15H19N5O3S. The number of nitrogens with two attached hydrogens (primary N) is 1. The molecule has 24 heavy (non-hydrogen) atoms. The van der Waals surface area contributed by atoms with Crippen LogP contribution in [-0.4, -0.2) is 31.1 Å². The molecule has 0 radical (unpaired) electrons. The summed E-state index contributed by atoms with van der Waals surface area (Å²) >= 11 is 0. The van der Waals surface area contributed by atoms with E-state index in [9.17, 15) is 13.2 Å². The van der Waals surface area contributed by atoms with Gasteiger partial charge in [-0.05, 0) is 36.2 Å². The lowest BCUT2D eigenvalue weighted by Crippen LogP contribution is -2.13. The van der Waals surface area contributed by atoms with Crippen molar-refractivity contribution >= 4 is 27.6 Å². The van der Waals surface area contributed by atoms with Crippen molar-refractivity contribution in [1.29, 1.82) is 0 Å². The molecule has 1 amide bonds. The van der Waals surface area contributed by atoms with E-state index in [4.69, 9.17) is 5.14 Å². The lowest BCUT2D eigenvalue weighted by atomic mass is 10.1. The maximum atomic E-state index is 11.2. The summed E-state index contributed by atoms with van der Waals surface area (Å²) in [6, 6.07) is 9.80. The first-order valence-corrected chi connectivity index (χ1v) is 8.92. The molecule has 1 aromatic carbocycles. The summed E-state index contributed by atoms with van der Waals surface area (Å²) in [7, 11) is -3.66. The van der Waals surface area contributed by atoms with Crippen LogP contribution in [0.3, 0.4) is 0 Å². The number of nitrogens with one attached hydrogen (secondary N) is 2. The molecule has 0 bridgehead atoms. The highest BCUT2D eigenvalue weighted by Crippen LogP contribution is 2.10. The lowest BCUT2D eigenvalue weighted by Gasteiger charge is -2.07. The zero-order valence-corrected chi connectivity index (χ0v) is 14.0. The fourth-order valence-electron chi connectivity index (χ4n) is 1.91. The Bertz CT molecular complexity index is 789.